The van der Waals surface area contributed by atoms with Crippen LogP contribution in [0.3, 0.4) is 0 Å². The molecule has 1 heterocycles. The number of nitrogens with one attached hydrogen (secondary N) is 1. The molecule has 90 valence electrons. The average molecular weight is 241 g/mol. The summed E-state index contributed by atoms with van der Waals surface area (Å²) in [5.41, 5.74) is 9.85. The van der Waals surface area contributed by atoms with Gasteiger partial charge in [-0.1, -0.05) is 6.07 Å². The summed E-state index contributed by atoms with van der Waals surface area (Å²) in [5, 5.41) is 0. The molecule has 3 rings (SSSR count). The average Bonchev–Trinajstić information content (AvgIpc) is 2.74. The topological polar surface area (TPSA) is 54.7 Å². The number of rotatable bonds is 1. The van der Waals surface area contributed by atoms with Gasteiger partial charge in [-0.15, -0.1) is 0 Å². The number of halogens is 1. The monoisotopic (exact) mass is 241 g/mol. The molecule has 0 bridgehead atoms. The summed E-state index contributed by atoms with van der Waals surface area (Å²) in [4.78, 5) is 7.59. The summed E-state index contributed by atoms with van der Waals surface area (Å²) >= 11 is 0. The Hall–Kier alpha value is -2.36. The van der Waals surface area contributed by atoms with Gasteiger partial charge >= 0.3 is 0 Å². The Morgan fingerprint density at radius 1 is 1.17 bits per heavy atom. The molecule has 4 heteroatoms. The van der Waals surface area contributed by atoms with Crippen LogP contribution in [0.2, 0.25) is 0 Å². The third-order valence-corrected chi connectivity index (χ3v) is 2.91. The number of nitrogens with zero attached hydrogens (tertiary/aromatic N) is 1. The lowest BCUT2D eigenvalue weighted by molar-refractivity contribution is 0.628. The van der Waals surface area contributed by atoms with Gasteiger partial charge in [0.25, 0.3) is 0 Å². The summed E-state index contributed by atoms with van der Waals surface area (Å²) in [6, 6.07) is 10.2. The maximum Gasteiger partial charge on any atom is 0.140 e. The molecule has 0 unspecified atom stereocenters. The Kier molecular flexibility index (Phi) is 2.30. The molecule has 0 spiro atoms. The maximum absolute atomic E-state index is 13.3. The number of benzene rings is 2. The van der Waals surface area contributed by atoms with Crippen molar-refractivity contribution in [3.8, 4) is 11.4 Å². The molecule has 18 heavy (non-hydrogen) atoms. The first-order valence-corrected chi connectivity index (χ1v) is 5.65. The van der Waals surface area contributed by atoms with Gasteiger partial charge in [0, 0.05) is 11.3 Å². The lowest BCUT2D eigenvalue weighted by Gasteiger charge is -2.01. The van der Waals surface area contributed by atoms with Crippen molar-refractivity contribution in [1.82, 2.24) is 9.97 Å². The summed E-state index contributed by atoms with van der Waals surface area (Å²) in [5.74, 6) is 0.267. The fourth-order valence-corrected chi connectivity index (χ4v) is 1.98. The molecule has 0 aliphatic carbocycles. The molecule has 1 aromatic heterocycles. The third-order valence-electron chi connectivity index (χ3n) is 2.91. The van der Waals surface area contributed by atoms with Crippen molar-refractivity contribution >= 4 is 16.7 Å². The first-order chi connectivity index (χ1) is 8.63. The minimum atomic E-state index is -0.323. The number of nitrogen functional groups attached to an aromatic ring is 1. The second-order valence-electron chi connectivity index (χ2n) is 4.34. The Balaban J connectivity index is 2.22. The first kappa shape index (κ1) is 10.8. The van der Waals surface area contributed by atoms with Crippen LogP contribution in [0.25, 0.3) is 22.4 Å². The zero-order valence-electron chi connectivity index (χ0n) is 9.87. The quantitative estimate of drug-likeness (QED) is 0.642. The van der Waals surface area contributed by atoms with Crippen LogP contribution in [0, 0.1) is 12.7 Å². The highest BCUT2D eigenvalue weighted by molar-refractivity contribution is 5.82. The van der Waals surface area contributed by atoms with Crippen molar-refractivity contribution in [1.29, 1.82) is 0 Å². The van der Waals surface area contributed by atoms with Crippen molar-refractivity contribution < 1.29 is 4.39 Å². The molecule has 0 aliphatic rings. The second-order valence-corrected chi connectivity index (χ2v) is 4.34. The Labute approximate surface area is 103 Å². The molecule has 0 radical (unpaired) electrons. The van der Waals surface area contributed by atoms with Gasteiger partial charge in [0.05, 0.1) is 11.0 Å². The van der Waals surface area contributed by atoms with Gasteiger partial charge < -0.3 is 10.7 Å². The highest BCUT2D eigenvalue weighted by atomic mass is 19.1. The van der Waals surface area contributed by atoms with Gasteiger partial charge in [0.1, 0.15) is 11.6 Å². The number of nitrogens with two attached hydrogens (primary N) is 1. The molecule has 0 amide bonds. The van der Waals surface area contributed by atoms with Crippen molar-refractivity contribution in [2.24, 2.45) is 0 Å². The molecule has 0 aliphatic heterocycles. The summed E-state index contributed by atoms with van der Waals surface area (Å²) in [6.45, 7) is 2.01. The molecule has 3 N–H and O–H groups in total. The largest absolute Gasteiger partial charge is 0.398 e. The molecule has 2 aromatic carbocycles. The zero-order chi connectivity index (χ0) is 12.7. The maximum atomic E-state index is 13.3. The summed E-state index contributed by atoms with van der Waals surface area (Å²) in [6.07, 6.45) is 0. The van der Waals surface area contributed by atoms with Crippen LogP contribution >= 0.6 is 0 Å². The van der Waals surface area contributed by atoms with E-state index in [9.17, 15) is 4.39 Å². The lowest BCUT2D eigenvalue weighted by Crippen LogP contribution is -1.92. The highest BCUT2D eigenvalue weighted by Gasteiger charge is 2.09. The highest BCUT2D eigenvalue weighted by Crippen LogP contribution is 2.26. The Morgan fingerprint density at radius 2 is 2.00 bits per heavy atom. The van der Waals surface area contributed by atoms with Crippen molar-refractivity contribution in [3.05, 3.63) is 47.8 Å². The van der Waals surface area contributed by atoms with E-state index in [1.54, 1.807) is 6.07 Å². The lowest BCUT2D eigenvalue weighted by atomic mass is 10.1. The minimum absolute atomic E-state index is 0.323. The molecular formula is C14H12FN3. The number of fused-ring (bicyclic) bond motifs is 1. The fourth-order valence-electron chi connectivity index (χ4n) is 1.98. The number of aromatic nitrogens is 2. The predicted molar refractivity (Wildman–Crippen MR) is 70.6 cm³/mol. The van der Waals surface area contributed by atoms with Crippen LogP contribution in [0.4, 0.5) is 10.1 Å². The standard InChI is InChI=1S/C14H12FN3/c1-8-2-5-12-13(6-8)18-14(17-12)10-7-9(15)3-4-11(10)16/h2-7H,16H2,1H3,(H,17,18). The number of hydrogen-bond acceptors (Lipinski definition) is 2. The fraction of sp³-hybridized carbons (Fsp3) is 0.0714. The number of aromatic amines is 1. The number of aryl methyl sites for hydroxylation is 1. The van der Waals surface area contributed by atoms with E-state index < -0.39 is 0 Å². The van der Waals surface area contributed by atoms with E-state index in [2.05, 4.69) is 9.97 Å². The van der Waals surface area contributed by atoms with Crippen molar-refractivity contribution in [2.75, 3.05) is 5.73 Å². The van der Waals surface area contributed by atoms with Crippen LogP contribution in [0.15, 0.2) is 36.4 Å². The van der Waals surface area contributed by atoms with Gasteiger partial charge in [-0.3, -0.25) is 0 Å². The van der Waals surface area contributed by atoms with Gasteiger partial charge in [0.2, 0.25) is 0 Å². The van der Waals surface area contributed by atoms with E-state index in [0.717, 1.165) is 16.6 Å². The van der Waals surface area contributed by atoms with Gasteiger partial charge in [-0.2, -0.15) is 0 Å². The Bertz CT molecular complexity index is 731. The summed E-state index contributed by atoms with van der Waals surface area (Å²) in [7, 11) is 0. The molecule has 0 fully saturated rings. The van der Waals surface area contributed by atoms with E-state index in [-0.39, 0.29) is 5.82 Å². The first-order valence-electron chi connectivity index (χ1n) is 5.65. The Morgan fingerprint density at radius 3 is 2.83 bits per heavy atom. The molecule has 0 saturated carbocycles. The van der Waals surface area contributed by atoms with E-state index in [0.29, 0.717) is 17.1 Å². The van der Waals surface area contributed by atoms with Gasteiger partial charge in [-0.25, -0.2) is 9.37 Å². The number of H-pyrrole nitrogens is 1. The van der Waals surface area contributed by atoms with Crippen LogP contribution in [-0.4, -0.2) is 9.97 Å². The smallest absolute Gasteiger partial charge is 0.140 e. The van der Waals surface area contributed by atoms with Gasteiger partial charge in [-0.05, 0) is 42.8 Å². The van der Waals surface area contributed by atoms with Crippen LogP contribution in [-0.2, 0) is 0 Å². The molecular weight excluding hydrogens is 229 g/mol. The van der Waals surface area contributed by atoms with Gasteiger partial charge in [0.15, 0.2) is 0 Å². The van der Waals surface area contributed by atoms with Crippen molar-refractivity contribution in [3.63, 3.8) is 0 Å². The molecule has 0 atom stereocenters. The van der Waals surface area contributed by atoms with Crippen LogP contribution in [0.5, 0.6) is 0 Å². The molecule has 0 saturated heterocycles. The second kappa shape index (κ2) is 3.84. The van der Waals surface area contributed by atoms with E-state index in [4.69, 9.17) is 5.73 Å². The van der Waals surface area contributed by atoms with E-state index in [1.165, 1.54) is 12.1 Å². The molecule has 3 aromatic rings. The number of hydrogen-bond donors (Lipinski definition) is 2. The predicted octanol–water partition coefficient (Wildman–Crippen LogP) is 3.26. The summed E-state index contributed by atoms with van der Waals surface area (Å²) < 4.78 is 13.3. The number of imidazole rings is 1. The minimum Gasteiger partial charge on any atom is -0.398 e. The van der Waals surface area contributed by atoms with Crippen LogP contribution in [0.1, 0.15) is 5.56 Å². The van der Waals surface area contributed by atoms with E-state index in [1.807, 2.05) is 25.1 Å². The van der Waals surface area contributed by atoms with E-state index >= 15 is 0 Å². The van der Waals surface area contributed by atoms with Crippen molar-refractivity contribution in [2.45, 2.75) is 6.92 Å². The normalized spacial score (nSPS) is 11.0. The molecule has 3 nitrogen and oxygen atoms in total. The number of anilines is 1. The third kappa shape index (κ3) is 1.72. The van der Waals surface area contributed by atoms with Crippen LogP contribution < -0.4 is 5.73 Å². The SMILES string of the molecule is Cc1ccc2nc(-c3cc(F)ccc3N)[nH]c2c1. The zero-order valence-corrected chi connectivity index (χ0v) is 9.87.